The van der Waals surface area contributed by atoms with Crippen LogP contribution in [0.4, 0.5) is 18.9 Å². The Kier molecular flexibility index (Phi) is 9.55. The maximum atomic E-state index is 13.6. The number of aliphatic imine (C=N–C) groups is 1. The van der Waals surface area contributed by atoms with E-state index in [9.17, 15) is 27.9 Å². The molecule has 1 amide bonds. The molecule has 226 valence electrons. The zero-order valence-corrected chi connectivity index (χ0v) is 23.9. The average Bonchev–Trinajstić information content (AvgIpc) is 3.48. The van der Waals surface area contributed by atoms with Gasteiger partial charge in [0.1, 0.15) is 0 Å². The van der Waals surface area contributed by atoms with Gasteiger partial charge in [0, 0.05) is 24.1 Å². The average molecular weight is 600 g/mol. The molecule has 0 aromatic heterocycles. The summed E-state index contributed by atoms with van der Waals surface area (Å²) >= 11 is 0. The van der Waals surface area contributed by atoms with Crippen LogP contribution in [0.5, 0.6) is 0 Å². The van der Waals surface area contributed by atoms with Crippen LogP contribution in [0.15, 0.2) is 114 Å². The number of para-hydroxylation sites is 1. The first-order chi connectivity index (χ1) is 21.2. The molecule has 1 fully saturated rings. The molecule has 5 rings (SSSR count). The number of anilines is 1. The predicted molar refractivity (Wildman–Crippen MR) is 164 cm³/mol. The van der Waals surface area contributed by atoms with E-state index in [4.69, 9.17) is 0 Å². The Bertz CT molecular complexity index is 1610. The fourth-order valence-electron chi connectivity index (χ4n) is 5.44. The van der Waals surface area contributed by atoms with E-state index in [1.54, 1.807) is 48.5 Å². The highest BCUT2D eigenvalue weighted by Gasteiger charge is 2.32. The monoisotopic (exact) mass is 599 g/mol. The second kappa shape index (κ2) is 13.7. The second-order valence-electron chi connectivity index (χ2n) is 10.7. The first-order valence-corrected chi connectivity index (χ1v) is 14.4. The lowest BCUT2D eigenvalue weighted by molar-refractivity contribution is -0.139. The minimum Gasteiger partial charge on any atom is -0.480 e. The number of carbonyl (C=O) groups excluding carboxylic acids is 1. The van der Waals surface area contributed by atoms with Crippen LogP contribution in [-0.4, -0.2) is 46.2 Å². The number of carboxylic acids is 1. The van der Waals surface area contributed by atoms with Gasteiger partial charge in [-0.2, -0.15) is 13.2 Å². The van der Waals surface area contributed by atoms with E-state index in [1.807, 2.05) is 36.4 Å². The molecule has 0 radical (unpaired) electrons. The number of nitrogens with zero attached hydrogens (tertiary/aromatic N) is 2. The number of carbonyl (C=O) groups is 2. The smallest absolute Gasteiger partial charge is 0.416 e. The molecule has 2 atom stereocenters. The summed E-state index contributed by atoms with van der Waals surface area (Å²) < 4.78 is 39.2. The summed E-state index contributed by atoms with van der Waals surface area (Å²) in [4.78, 5) is 32.8. The maximum absolute atomic E-state index is 13.6. The van der Waals surface area contributed by atoms with Gasteiger partial charge in [0.05, 0.1) is 23.0 Å². The summed E-state index contributed by atoms with van der Waals surface area (Å²) in [5.74, 6) is -1.37. The quantitative estimate of drug-likeness (QED) is 0.196. The van der Waals surface area contributed by atoms with Gasteiger partial charge >= 0.3 is 12.1 Å². The van der Waals surface area contributed by atoms with Gasteiger partial charge in [0.25, 0.3) is 0 Å². The molecule has 9 heteroatoms. The fourth-order valence-corrected chi connectivity index (χ4v) is 5.44. The largest absolute Gasteiger partial charge is 0.480 e. The number of halogens is 3. The topological polar surface area (TPSA) is 82.0 Å². The molecule has 4 aromatic rings. The first-order valence-electron chi connectivity index (χ1n) is 14.4. The zero-order chi connectivity index (χ0) is 31.1. The molecule has 0 aliphatic carbocycles. The van der Waals surface area contributed by atoms with Crippen LogP contribution in [0.2, 0.25) is 0 Å². The van der Waals surface area contributed by atoms with Crippen LogP contribution < -0.4 is 5.32 Å². The highest BCUT2D eigenvalue weighted by atomic mass is 19.4. The van der Waals surface area contributed by atoms with Crippen molar-refractivity contribution in [2.45, 2.75) is 44.1 Å². The van der Waals surface area contributed by atoms with Crippen LogP contribution in [0, 0.1) is 0 Å². The summed E-state index contributed by atoms with van der Waals surface area (Å²) in [5.41, 5.74) is 2.74. The maximum Gasteiger partial charge on any atom is 0.416 e. The van der Waals surface area contributed by atoms with E-state index in [-0.39, 0.29) is 18.4 Å². The number of alkyl halides is 3. The number of carboxylic acid groups (broad SMARTS) is 1. The van der Waals surface area contributed by atoms with Crippen molar-refractivity contribution in [2.24, 2.45) is 4.99 Å². The van der Waals surface area contributed by atoms with Gasteiger partial charge in [-0.05, 0) is 48.7 Å². The lowest BCUT2D eigenvalue weighted by atomic mass is 9.98. The molecular weight excluding hydrogens is 567 g/mol. The van der Waals surface area contributed by atoms with Crippen LogP contribution >= 0.6 is 0 Å². The summed E-state index contributed by atoms with van der Waals surface area (Å²) in [6.45, 7) is 1.46. The fraction of sp³-hybridized carbons (Fsp3) is 0.229. The Morgan fingerprint density at radius 2 is 1.50 bits per heavy atom. The molecule has 0 bridgehead atoms. The van der Waals surface area contributed by atoms with E-state index in [2.05, 4.69) is 15.2 Å². The third kappa shape index (κ3) is 7.60. The van der Waals surface area contributed by atoms with Gasteiger partial charge in [0.2, 0.25) is 5.91 Å². The van der Waals surface area contributed by atoms with Crippen molar-refractivity contribution in [1.29, 1.82) is 0 Å². The Balaban J connectivity index is 1.44. The van der Waals surface area contributed by atoms with Crippen LogP contribution in [0.25, 0.3) is 0 Å². The van der Waals surface area contributed by atoms with Gasteiger partial charge in [-0.3, -0.25) is 14.7 Å². The standard InChI is InChI=1S/C35H32F3N3O3/c36-35(37,38)27-19-17-24(18-20-27)22-30(34(43)44)39-32(26-12-5-2-6-13-26)28-14-7-8-15-29(28)40-33(42)31-16-9-21-41(31)23-25-10-3-1-4-11-25/h1-8,10-15,17-20,30-31H,9,16,21-23H2,(H,40,42)(H,43,44)/t30-,31-/m0/s1. The molecule has 0 saturated carbocycles. The molecular formula is C35H32F3N3O3. The molecule has 44 heavy (non-hydrogen) atoms. The van der Waals surface area contributed by atoms with Crippen LogP contribution in [0.1, 0.15) is 40.7 Å². The number of amides is 1. The minimum atomic E-state index is -4.49. The van der Waals surface area contributed by atoms with Crippen molar-refractivity contribution in [3.8, 4) is 0 Å². The third-order valence-corrected chi connectivity index (χ3v) is 7.66. The van der Waals surface area contributed by atoms with E-state index >= 15 is 0 Å². The Hall–Kier alpha value is -4.76. The number of benzene rings is 4. The predicted octanol–water partition coefficient (Wildman–Crippen LogP) is 6.84. The highest BCUT2D eigenvalue weighted by molar-refractivity contribution is 6.17. The Labute approximate surface area is 253 Å². The molecule has 1 aliphatic rings. The Morgan fingerprint density at radius 3 is 2.16 bits per heavy atom. The molecule has 4 aromatic carbocycles. The molecule has 6 nitrogen and oxygen atoms in total. The van der Waals surface area contributed by atoms with Crippen molar-refractivity contribution in [3.05, 3.63) is 137 Å². The summed E-state index contributed by atoms with van der Waals surface area (Å²) in [5, 5.41) is 13.2. The summed E-state index contributed by atoms with van der Waals surface area (Å²) in [7, 11) is 0. The van der Waals surface area contributed by atoms with Crippen molar-refractivity contribution >= 4 is 23.3 Å². The highest BCUT2D eigenvalue weighted by Crippen LogP contribution is 2.30. The Morgan fingerprint density at radius 1 is 0.864 bits per heavy atom. The number of rotatable bonds is 10. The van der Waals surface area contributed by atoms with E-state index in [1.165, 1.54) is 12.1 Å². The number of likely N-dealkylation sites (tertiary alicyclic amines) is 1. The number of hydrogen-bond donors (Lipinski definition) is 2. The van der Waals surface area contributed by atoms with Crippen molar-refractivity contribution in [3.63, 3.8) is 0 Å². The number of aliphatic carboxylic acids is 1. The number of hydrogen-bond acceptors (Lipinski definition) is 4. The van der Waals surface area contributed by atoms with Crippen LogP contribution in [0.3, 0.4) is 0 Å². The summed E-state index contributed by atoms with van der Waals surface area (Å²) in [6.07, 6.45) is -2.99. The molecule has 0 unspecified atom stereocenters. The van der Waals surface area contributed by atoms with Gasteiger partial charge in [-0.1, -0.05) is 91.0 Å². The third-order valence-electron chi connectivity index (χ3n) is 7.66. The van der Waals surface area contributed by atoms with Crippen molar-refractivity contribution in [1.82, 2.24) is 4.90 Å². The molecule has 0 spiro atoms. The lowest BCUT2D eigenvalue weighted by Crippen LogP contribution is -2.39. The van der Waals surface area contributed by atoms with E-state index in [0.717, 1.165) is 30.7 Å². The minimum absolute atomic E-state index is 0.116. The molecule has 1 saturated heterocycles. The molecule has 1 aliphatic heterocycles. The van der Waals surface area contributed by atoms with Gasteiger partial charge in [-0.15, -0.1) is 0 Å². The van der Waals surface area contributed by atoms with Gasteiger partial charge in [-0.25, -0.2) is 4.79 Å². The van der Waals surface area contributed by atoms with Crippen molar-refractivity contribution < 1.29 is 27.9 Å². The lowest BCUT2D eigenvalue weighted by Gasteiger charge is -2.24. The summed E-state index contributed by atoms with van der Waals surface area (Å²) in [6, 6.07) is 28.9. The van der Waals surface area contributed by atoms with E-state index in [0.29, 0.717) is 41.1 Å². The molecule has 2 N–H and O–H groups in total. The van der Waals surface area contributed by atoms with Crippen LogP contribution in [-0.2, 0) is 28.7 Å². The molecule has 1 heterocycles. The second-order valence-corrected chi connectivity index (χ2v) is 10.7. The number of nitrogens with one attached hydrogen (secondary N) is 1. The van der Waals surface area contributed by atoms with E-state index < -0.39 is 23.8 Å². The van der Waals surface area contributed by atoms with Gasteiger partial charge in [0.15, 0.2) is 6.04 Å². The normalized spacial score (nSPS) is 16.4. The van der Waals surface area contributed by atoms with Gasteiger partial charge < -0.3 is 10.4 Å². The van der Waals surface area contributed by atoms with Crippen molar-refractivity contribution in [2.75, 3.05) is 11.9 Å². The first kappa shape index (κ1) is 30.7. The SMILES string of the molecule is O=C(O)[C@H](Cc1ccc(C(F)(F)F)cc1)N=C(c1ccccc1)c1ccccc1NC(=O)[C@@H]1CCCN1Cc1ccccc1. The zero-order valence-electron chi connectivity index (χ0n) is 23.9.